The van der Waals surface area contributed by atoms with Crippen molar-refractivity contribution in [2.24, 2.45) is 0 Å². The molecule has 2 aromatic rings. The fraction of sp³-hybridized carbons (Fsp3) is 0.435. The molecule has 5 atom stereocenters. The van der Waals surface area contributed by atoms with Gasteiger partial charge in [-0.3, -0.25) is 0 Å². The molecule has 0 unspecified atom stereocenters. The van der Waals surface area contributed by atoms with Crippen LogP contribution in [0.3, 0.4) is 0 Å². The number of hydrogen-bond donors (Lipinski definition) is 4. The minimum atomic E-state index is -1.46. The van der Waals surface area contributed by atoms with E-state index in [0.29, 0.717) is 17.5 Å². The summed E-state index contributed by atoms with van der Waals surface area (Å²) in [4.78, 5) is 0. The van der Waals surface area contributed by atoms with Crippen LogP contribution in [0.4, 0.5) is 0 Å². The Morgan fingerprint density at radius 3 is 2.24 bits per heavy atom. The number of benzene rings is 2. The molecule has 1 aliphatic heterocycles. The third-order valence-corrected chi connectivity index (χ3v) is 5.70. The van der Waals surface area contributed by atoms with Crippen molar-refractivity contribution < 1.29 is 25.2 Å². The molecule has 0 bridgehead atoms. The van der Waals surface area contributed by atoms with Crippen molar-refractivity contribution >= 4 is 0 Å². The van der Waals surface area contributed by atoms with Crippen molar-refractivity contribution in [1.82, 2.24) is 0 Å². The second-order valence-electron chi connectivity index (χ2n) is 7.56. The first-order chi connectivity index (χ1) is 13.9. The van der Waals surface area contributed by atoms with Crippen molar-refractivity contribution in [3.63, 3.8) is 0 Å². The van der Waals surface area contributed by atoms with Gasteiger partial charge in [-0.1, -0.05) is 37.3 Å². The van der Waals surface area contributed by atoms with E-state index in [1.807, 2.05) is 13.0 Å². The van der Waals surface area contributed by atoms with E-state index >= 15 is 0 Å². The van der Waals surface area contributed by atoms with E-state index in [-0.39, 0.29) is 0 Å². The zero-order valence-corrected chi connectivity index (χ0v) is 16.6. The number of nitrogens with zero attached hydrogens (tertiary/aromatic N) is 1. The van der Waals surface area contributed by atoms with Gasteiger partial charge in [0.2, 0.25) is 0 Å². The van der Waals surface area contributed by atoms with E-state index in [4.69, 9.17) is 4.74 Å². The summed E-state index contributed by atoms with van der Waals surface area (Å²) in [5.41, 5.74) is 5.10. The SMILES string of the molecule is CCc1ccc(Cc2cc([C@@H]3O[C@H](CO)[C@@H](O)[C@H](O)[C@H]3O)cc(C#N)c2C)cc1. The summed E-state index contributed by atoms with van der Waals surface area (Å²) in [6.45, 7) is 3.49. The number of nitriles is 1. The van der Waals surface area contributed by atoms with E-state index in [1.54, 1.807) is 6.07 Å². The highest BCUT2D eigenvalue weighted by molar-refractivity contribution is 5.48. The van der Waals surface area contributed by atoms with Gasteiger partial charge in [0.05, 0.1) is 18.2 Å². The third kappa shape index (κ3) is 4.35. The first kappa shape index (κ1) is 21.4. The van der Waals surface area contributed by atoms with Gasteiger partial charge in [-0.25, -0.2) is 0 Å². The second kappa shape index (κ2) is 9.04. The average molecular weight is 397 g/mol. The molecular formula is C23H27NO5. The van der Waals surface area contributed by atoms with Crippen LogP contribution in [-0.2, 0) is 17.6 Å². The van der Waals surface area contributed by atoms with E-state index in [1.165, 1.54) is 5.56 Å². The first-order valence-corrected chi connectivity index (χ1v) is 9.81. The van der Waals surface area contributed by atoms with Crippen molar-refractivity contribution in [1.29, 1.82) is 5.26 Å². The topological polar surface area (TPSA) is 114 Å². The van der Waals surface area contributed by atoms with Crippen LogP contribution in [0, 0.1) is 18.3 Å². The standard InChI is InChI=1S/C23H27NO5/c1-3-14-4-6-15(7-5-14)8-16-9-17(10-18(11-24)13(16)2)23-22(28)21(27)20(26)19(12-25)29-23/h4-7,9-10,19-23,25-28H,3,8,12H2,1-2H3/t19-,20-,21+,22-,23+/m1/s1. The molecule has 0 spiro atoms. The smallest absolute Gasteiger partial charge is 0.113 e. The van der Waals surface area contributed by atoms with Crippen molar-refractivity contribution in [2.75, 3.05) is 6.61 Å². The highest BCUT2D eigenvalue weighted by Crippen LogP contribution is 2.34. The molecule has 154 valence electrons. The molecule has 4 N–H and O–H groups in total. The number of aryl methyl sites for hydroxylation is 1. The number of rotatable bonds is 5. The number of aliphatic hydroxyl groups is 4. The van der Waals surface area contributed by atoms with Crippen LogP contribution in [0.2, 0.25) is 0 Å². The number of ether oxygens (including phenoxy) is 1. The van der Waals surface area contributed by atoms with Gasteiger partial charge in [0.1, 0.15) is 30.5 Å². The van der Waals surface area contributed by atoms with Crippen LogP contribution >= 0.6 is 0 Å². The molecule has 2 aromatic carbocycles. The summed E-state index contributed by atoms with van der Waals surface area (Å²) < 4.78 is 5.67. The molecule has 6 nitrogen and oxygen atoms in total. The zero-order chi connectivity index (χ0) is 21.1. The van der Waals surface area contributed by atoms with Crippen LogP contribution in [0.5, 0.6) is 0 Å². The number of hydrogen-bond acceptors (Lipinski definition) is 6. The Bertz CT molecular complexity index is 887. The Kier molecular flexibility index (Phi) is 6.68. The van der Waals surface area contributed by atoms with Gasteiger partial charge in [-0.2, -0.15) is 5.26 Å². The van der Waals surface area contributed by atoms with Gasteiger partial charge in [-0.15, -0.1) is 0 Å². The zero-order valence-electron chi connectivity index (χ0n) is 16.6. The predicted molar refractivity (Wildman–Crippen MR) is 107 cm³/mol. The lowest BCUT2D eigenvalue weighted by molar-refractivity contribution is -0.231. The normalized spacial score (nSPS) is 26.9. The Balaban J connectivity index is 1.97. The maximum Gasteiger partial charge on any atom is 0.113 e. The molecule has 1 heterocycles. The summed E-state index contributed by atoms with van der Waals surface area (Å²) in [5, 5.41) is 49.6. The maximum atomic E-state index is 10.4. The molecule has 1 fully saturated rings. The Morgan fingerprint density at radius 1 is 1.00 bits per heavy atom. The minimum Gasteiger partial charge on any atom is -0.394 e. The number of aliphatic hydroxyl groups excluding tert-OH is 4. The Labute approximate surface area is 170 Å². The molecular weight excluding hydrogens is 370 g/mol. The second-order valence-corrected chi connectivity index (χ2v) is 7.56. The van der Waals surface area contributed by atoms with Gasteiger partial charge in [0.25, 0.3) is 0 Å². The van der Waals surface area contributed by atoms with Crippen molar-refractivity contribution in [2.45, 2.75) is 57.2 Å². The molecule has 1 saturated heterocycles. The lowest BCUT2D eigenvalue weighted by Crippen LogP contribution is -2.55. The van der Waals surface area contributed by atoms with Crippen LogP contribution in [0.1, 0.15) is 46.4 Å². The molecule has 6 heteroatoms. The summed E-state index contributed by atoms with van der Waals surface area (Å²) in [6.07, 6.45) is -4.62. The Morgan fingerprint density at radius 2 is 1.66 bits per heavy atom. The van der Waals surface area contributed by atoms with Crippen molar-refractivity contribution in [3.05, 3.63) is 69.8 Å². The van der Waals surface area contributed by atoms with Gasteiger partial charge < -0.3 is 25.2 Å². The minimum absolute atomic E-state index is 0.458. The van der Waals surface area contributed by atoms with Gasteiger partial charge in [-0.05, 0) is 53.6 Å². The molecule has 0 aromatic heterocycles. The van der Waals surface area contributed by atoms with E-state index in [0.717, 1.165) is 23.1 Å². The molecule has 0 amide bonds. The summed E-state index contributed by atoms with van der Waals surface area (Å²) >= 11 is 0. The highest BCUT2D eigenvalue weighted by atomic mass is 16.5. The van der Waals surface area contributed by atoms with Gasteiger partial charge >= 0.3 is 0 Å². The first-order valence-electron chi connectivity index (χ1n) is 9.81. The lowest BCUT2D eigenvalue weighted by atomic mass is 9.87. The van der Waals surface area contributed by atoms with Crippen LogP contribution in [0.15, 0.2) is 36.4 Å². The highest BCUT2D eigenvalue weighted by Gasteiger charge is 2.44. The van der Waals surface area contributed by atoms with Crippen LogP contribution < -0.4 is 0 Å². The summed E-state index contributed by atoms with van der Waals surface area (Å²) in [6, 6.07) is 14.0. The molecule has 0 saturated carbocycles. The van der Waals surface area contributed by atoms with Crippen LogP contribution in [-0.4, -0.2) is 51.4 Å². The maximum absolute atomic E-state index is 10.4. The predicted octanol–water partition coefficient (Wildman–Crippen LogP) is 1.53. The average Bonchev–Trinajstić information content (AvgIpc) is 2.74. The molecule has 29 heavy (non-hydrogen) atoms. The largest absolute Gasteiger partial charge is 0.394 e. The monoisotopic (exact) mass is 397 g/mol. The third-order valence-electron chi connectivity index (χ3n) is 5.70. The van der Waals surface area contributed by atoms with Crippen LogP contribution in [0.25, 0.3) is 0 Å². The molecule has 1 aliphatic rings. The van der Waals surface area contributed by atoms with E-state index in [9.17, 15) is 25.7 Å². The Hall–Kier alpha value is -2.27. The summed E-state index contributed by atoms with van der Waals surface area (Å²) in [5.74, 6) is 0. The van der Waals surface area contributed by atoms with E-state index < -0.39 is 37.1 Å². The fourth-order valence-corrected chi connectivity index (χ4v) is 3.75. The van der Waals surface area contributed by atoms with Gasteiger partial charge in [0, 0.05) is 0 Å². The summed E-state index contributed by atoms with van der Waals surface area (Å²) in [7, 11) is 0. The van der Waals surface area contributed by atoms with Gasteiger partial charge in [0.15, 0.2) is 0 Å². The molecule has 0 aliphatic carbocycles. The molecule has 3 rings (SSSR count). The molecule has 0 radical (unpaired) electrons. The van der Waals surface area contributed by atoms with E-state index in [2.05, 4.69) is 37.3 Å². The lowest BCUT2D eigenvalue weighted by Gasteiger charge is -2.40. The van der Waals surface area contributed by atoms with Crippen molar-refractivity contribution in [3.8, 4) is 6.07 Å². The fourth-order valence-electron chi connectivity index (χ4n) is 3.75. The quantitative estimate of drug-likeness (QED) is 0.609.